The zero-order valence-corrected chi connectivity index (χ0v) is 16.4. The number of ether oxygens (including phenoxy) is 1. The number of imide groups is 1. The summed E-state index contributed by atoms with van der Waals surface area (Å²) in [6, 6.07) is 10.4. The summed E-state index contributed by atoms with van der Waals surface area (Å²) >= 11 is 0. The van der Waals surface area contributed by atoms with Crippen LogP contribution in [0, 0.1) is 17.6 Å². The molecular formula is C22H20F2N2O4. The van der Waals surface area contributed by atoms with E-state index in [9.17, 15) is 23.2 Å². The predicted octanol–water partition coefficient (Wildman–Crippen LogP) is 3.79. The molecule has 8 heteroatoms. The number of benzene rings is 2. The van der Waals surface area contributed by atoms with Crippen molar-refractivity contribution in [2.45, 2.75) is 20.3 Å². The number of carbonyl (C=O) groups is 3. The minimum absolute atomic E-state index is 0.0177. The van der Waals surface area contributed by atoms with Gasteiger partial charge in [-0.1, -0.05) is 0 Å². The molecule has 1 atom stereocenters. The topological polar surface area (TPSA) is 75.7 Å². The van der Waals surface area contributed by atoms with Crippen molar-refractivity contribution in [1.29, 1.82) is 0 Å². The Morgan fingerprint density at radius 1 is 1.07 bits per heavy atom. The van der Waals surface area contributed by atoms with Gasteiger partial charge in [-0.2, -0.15) is 0 Å². The lowest BCUT2D eigenvalue weighted by molar-refractivity contribution is -0.140. The summed E-state index contributed by atoms with van der Waals surface area (Å²) < 4.78 is 31.5. The first-order valence-corrected chi connectivity index (χ1v) is 9.34. The SMILES string of the molecule is CCOC(=O)C(=C(C)Nc1ccc(F)cc1)C1CC(=O)N(c2ccc(F)cc2)C1=O. The second-order valence-electron chi connectivity index (χ2n) is 6.69. The molecule has 0 bridgehead atoms. The van der Waals surface area contributed by atoms with E-state index in [0.717, 1.165) is 17.0 Å². The molecule has 1 unspecified atom stereocenters. The van der Waals surface area contributed by atoms with Gasteiger partial charge in [-0.05, 0) is 62.4 Å². The number of nitrogens with zero attached hydrogens (tertiary/aromatic N) is 1. The van der Waals surface area contributed by atoms with Crippen LogP contribution < -0.4 is 10.2 Å². The van der Waals surface area contributed by atoms with Gasteiger partial charge in [0.05, 0.1) is 23.8 Å². The highest BCUT2D eigenvalue weighted by Gasteiger charge is 2.44. The minimum Gasteiger partial charge on any atom is -0.463 e. The van der Waals surface area contributed by atoms with E-state index in [-0.39, 0.29) is 24.3 Å². The van der Waals surface area contributed by atoms with E-state index < -0.39 is 35.3 Å². The molecule has 30 heavy (non-hydrogen) atoms. The molecule has 0 saturated carbocycles. The first-order valence-electron chi connectivity index (χ1n) is 9.34. The Balaban J connectivity index is 1.96. The van der Waals surface area contributed by atoms with Crippen molar-refractivity contribution in [2.75, 3.05) is 16.8 Å². The minimum atomic E-state index is -1.06. The van der Waals surface area contributed by atoms with Crippen LogP contribution in [0.5, 0.6) is 0 Å². The summed E-state index contributed by atoms with van der Waals surface area (Å²) in [6.07, 6.45) is -0.229. The number of hydrogen-bond donors (Lipinski definition) is 1. The average molecular weight is 414 g/mol. The van der Waals surface area contributed by atoms with Crippen molar-refractivity contribution in [2.24, 2.45) is 5.92 Å². The standard InChI is InChI=1S/C22H20F2N2O4/c1-3-30-22(29)20(13(2)25-16-8-4-14(23)5-9-16)18-12-19(27)26(21(18)28)17-10-6-15(24)7-11-17/h4-11,18,25H,3,12H2,1-2H3. The molecule has 1 aliphatic heterocycles. The first kappa shape index (κ1) is 21.2. The fourth-order valence-corrected chi connectivity index (χ4v) is 3.30. The van der Waals surface area contributed by atoms with Gasteiger partial charge in [0.1, 0.15) is 11.6 Å². The molecule has 1 N–H and O–H groups in total. The maximum absolute atomic E-state index is 13.2. The molecule has 2 aromatic rings. The number of amides is 2. The predicted molar refractivity (Wildman–Crippen MR) is 106 cm³/mol. The summed E-state index contributed by atoms with van der Waals surface area (Å²) in [5.74, 6) is -3.81. The largest absolute Gasteiger partial charge is 0.463 e. The third-order valence-electron chi connectivity index (χ3n) is 4.66. The van der Waals surface area contributed by atoms with E-state index in [2.05, 4.69) is 5.32 Å². The lowest BCUT2D eigenvalue weighted by Gasteiger charge is -2.18. The van der Waals surface area contributed by atoms with Crippen LogP contribution in [0.3, 0.4) is 0 Å². The maximum atomic E-state index is 13.2. The van der Waals surface area contributed by atoms with Crippen LogP contribution in [0.25, 0.3) is 0 Å². The lowest BCUT2D eigenvalue weighted by atomic mass is 9.95. The van der Waals surface area contributed by atoms with Crippen LogP contribution in [0.15, 0.2) is 59.8 Å². The zero-order chi connectivity index (χ0) is 21.8. The van der Waals surface area contributed by atoms with Gasteiger partial charge in [-0.25, -0.2) is 18.5 Å². The summed E-state index contributed by atoms with van der Waals surface area (Å²) in [6.45, 7) is 3.29. The molecule has 2 amide bonds. The van der Waals surface area contributed by atoms with Crippen molar-refractivity contribution in [1.82, 2.24) is 0 Å². The highest BCUT2D eigenvalue weighted by Crippen LogP contribution is 2.33. The van der Waals surface area contributed by atoms with Crippen LogP contribution >= 0.6 is 0 Å². The number of esters is 1. The molecule has 3 rings (SSSR count). The third kappa shape index (κ3) is 4.37. The Hall–Kier alpha value is -3.55. The van der Waals surface area contributed by atoms with Gasteiger partial charge in [0.25, 0.3) is 0 Å². The molecule has 156 valence electrons. The molecule has 0 aliphatic carbocycles. The highest BCUT2D eigenvalue weighted by molar-refractivity contribution is 6.23. The molecular weight excluding hydrogens is 394 g/mol. The van der Waals surface area contributed by atoms with E-state index in [1.165, 1.54) is 36.4 Å². The number of allylic oxidation sites excluding steroid dienone is 1. The third-order valence-corrected chi connectivity index (χ3v) is 4.66. The second kappa shape index (κ2) is 8.86. The monoisotopic (exact) mass is 414 g/mol. The van der Waals surface area contributed by atoms with Crippen molar-refractivity contribution < 1.29 is 27.9 Å². The number of halogens is 2. The van der Waals surface area contributed by atoms with Crippen LogP contribution in [0.4, 0.5) is 20.2 Å². The molecule has 0 spiro atoms. The van der Waals surface area contributed by atoms with Gasteiger partial charge >= 0.3 is 5.97 Å². The number of carbonyl (C=O) groups excluding carboxylic acids is 3. The van der Waals surface area contributed by atoms with Crippen molar-refractivity contribution in [3.63, 3.8) is 0 Å². The van der Waals surface area contributed by atoms with Crippen LogP contribution in [0.1, 0.15) is 20.3 Å². The molecule has 0 radical (unpaired) electrons. The van der Waals surface area contributed by atoms with Crippen LogP contribution in [-0.2, 0) is 19.1 Å². The Morgan fingerprint density at radius 3 is 2.20 bits per heavy atom. The number of rotatable bonds is 6. The second-order valence-corrected chi connectivity index (χ2v) is 6.69. The van der Waals surface area contributed by atoms with E-state index in [0.29, 0.717) is 11.4 Å². The lowest BCUT2D eigenvalue weighted by Crippen LogP contribution is -2.32. The Kier molecular flexibility index (Phi) is 6.25. The Bertz CT molecular complexity index is 1000. The van der Waals surface area contributed by atoms with E-state index in [1.807, 2.05) is 0 Å². The smallest absolute Gasteiger partial charge is 0.336 e. The quantitative estimate of drug-likeness (QED) is 0.442. The van der Waals surface area contributed by atoms with Crippen molar-refractivity contribution in [3.05, 3.63) is 71.4 Å². The highest BCUT2D eigenvalue weighted by atomic mass is 19.1. The fraction of sp³-hybridized carbons (Fsp3) is 0.227. The van der Waals surface area contributed by atoms with Gasteiger partial charge < -0.3 is 10.1 Å². The van der Waals surface area contributed by atoms with Crippen molar-refractivity contribution >= 4 is 29.2 Å². The Labute approximate surface area is 172 Å². The summed E-state index contributed by atoms with van der Waals surface area (Å²) in [7, 11) is 0. The number of anilines is 2. The average Bonchev–Trinajstić information content (AvgIpc) is 2.99. The maximum Gasteiger partial charge on any atom is 0.336 e. The molecule has 0 aromatic heterocycles. The van der Waals surface area contributed by atoms with E-state index in [4.69, 9.17) is 4.74 Å². The van der Waals surface area contributed by atoms with Gasteiger partial charge in [-0.15, -0.1) is 0 Å². The first-order chi connectivity index (χ1) is 14.3. The van der Waals surface area contributed by atoms with Crippen LogP contribution in [0.2, 0.25) is 0 Å². The molecule has 2 aromatic carbocycles. The molecule has 6 nitrogen and oxygen atoms in total. The molecule has 1 aliphatic rings. The van der Waals surface area contributed by atoms with Gasteiger partial charge in [0.15, 0.2) is 0 Å². The summed E-state index contributed by atoms with van der Waals surface area (Å²) in [5, 5.41) is 2.96. The van der Waals surface area contributed by atoms with E-state index >= 15 is 0 Å². The molecule has 1 heterocycles. The van der Waals surface area contributed by atoms with Crippen LogP contribution in [-0.4, -0.2) is 24.4 Å². The Morgan fingerprint density at radius 2 is 1.63 bits per heavy atom. The van der Waals surface area contributed by atoms with Crippen molar-refractivity contribution in [3.8, 4) is 0 Å². The van der Waals surface area contributed by atoms with Gasteiger partial charge in [0, 0.05) is 17.8 Å². The number of hydrogen-bond acceptors (Lipinski definition) is 5. The zero-order valence-electron chi connectivity index (χ0n) is 16.4. The normalized spacial score (nSPS) is 17.1. The van der Waals surface area contributed by atoms with Gasteiger partial charge in [0.2, 0.25) is 11.8 Å². The fourth-order valence-electron chi connectivity index (χ4n) is 3.30. The summed E-state index contributed by atoms with van der Waals surface area (Å²) in [5.41, 5.74) is 1.06. The van der Waals surface area contributed by atoms with Gasteiger partial charge in [-0.3, -0.25) is 9.59 Å². The number of nitrogens with one attached hydrogen (secondary N) is 1. The molecule has 1 saturated heterocycles. The molecule has 1 fully saturated rings. The van der Waals surface area contributed by atoms with E-state index in [1.54, 1.807) is 13.8 Å². The summed E-state index contributed by atoms with van der Waals surface area (Å²) in [4.78, 5) is 39.2.